The third-order valence-electron chi connectivity index (χ3n) is 3.53. The quantitative estimate of drug-likeness (QED) is 0.914. The lowest BCUT2D eigenvalue weighted by molar-refractivity contribution is 0.565. The van der Waals surface area contributed by atoms with Gasteiger partial charge in [0.05, 0.1) is 5.75 Å². The van der Waals surface area contributed by atoms with Crippen LogP contribution >= 0.6 is 0 Å². The number of hydrogen-bond acceptors (Lipinski definition) is 2. The highest BCUT2D eigenvalue weighted by Crippen LogP contribution is 2.20. The summed E-state index contributed by atoms with van der Waals surface area (Å²) in [7, 11) is -3.50. The zero-order chi connectivity index (χ0) is 16.3. The van der Waals surface area contributed by atoms with Gasteiger partial charge in [0.2, 0.25) is 10.0 Å². The molecule has 0 aromatic heterocycles. The summed E-state index contributed by atoms with van der Waals surface area (Å²) in [5, 5.41) is 0. The molecule has 2 rings (SSSR count). The van der Waals surface area contributed by atoms with Crippen molar-refractivity contribution in [3.05, 3.63) is 70.5 Å². The van der Waals surface area contributed by atoms with Crippen molar-refractivity contribution in [1.29, 1.82) is 0 Å². The number of halogens is 1. The SMILES string of the molecule is Cc1ccc(C)c([C@@H](C)NS(=O)(=O)Cc2ccc(F)cc2)c1. The van der Waals surface area contributed by atoms with Gasteiger partial charge in [-0.25, -0.2) is 17.5 Å². The fourth-order valence-corrected chi connectivity index (χ4v) is 3.78. The van der Waals surface area contributed by atoms with Crippen molar-refractivity contribution in [2.24, 2.45) is 0 Å². The van der Waals surface area contributed by atoms with E-state index in [2.05, 4.69) is 4.72 Å². The van der Waals surface area contributed by atoms with Gasteiger partial charge in [-0.2, -0.15) is 0 Å². The highest BCUT2D eigenvalue weighted by atomic mass is 32.2. The molecule has 0 amide bonds. The number of rotatable bonds is 5. The molecular formula is C17H20FNO2S. The van der Waals surface area contributed by atoms with Gasteiger partial charge in [0.25, 0.3) is 0 Å². The standard InChI is InChI=1S/C17H20FNO2S/c1-12-4-5-13(2)17(10-12)14(3)19-22(20,21)11-15-6-8-16(18)9-7-15/h4-10,14,19H,11H2,1-3H3/t14-/m1/s1. The highest BCUT2D eigenvalue weighted by Gasteiger charge is 2.18. The van der Waals surface area contributed by atoms with Crippen LogP contribution in [0.1, 0.15) is 35.2 Å². The van der Waals surface area contributed by atoms with E-state index in [1.54, 1.807) is 0 Å². The molecule has 1 atom stereocenters. The molecule has 0 bridgehead atoms. The Hall–Kier alpha value is -1.72. The van der Waals surface area contributed by atoms with E-state index in [1.165, 1.54) is 24.3 Å². The van der Waals surface area contributed by atoms with E-state index in [-0.39, 0.29) is 17.6 Å². The molecule has 0 fully saturated rings. The van der Waals surface area contributed by atoms with Gasteiger partial charge in [0.1, 0.15) is 5.82 Å². The predicted octanol–water partition coefficient (Wildman–Crippen LogP) is 3.62. The molecule has 3 nitrogen and oxygen atoms in total. The Morgan fingerprint density at radius 1 is 1.09 bits per heavy atom. The average molecular weight is 321 g/mol. The summed E-state index contributed by atoms with van der Waals surface area (Å²) in [5.41, 5.74) is 3.65. The Bertz CT molecular complexity index is 755. The molecule has 2 aromatic rings. The minimum Gasteiger partial charge on any atom is -0.212 e. The Morgan fingerprint density at radius 2 is 1.73 bits per heavy atom. The van der Waals surface area contributed by atoms with E-state index in [9.17, 15) is 12.8 Å². The number of sulfonamides is 1. The van der Waals surface area contributed by atoms with Gasteiger partial charge in [0, 0.05) is 6.04 Å². The summed E-state index contributed by atoms with van der Waals surface area (Å²) >= 11 is 0. The number of nitrogens with one attached hydrogen (secondary N) is 1. The Kier molecular flexibility index (Phi) is 4.98. The maximum atomic E-state index is 12.9. The molecule has 118 valence electrons. The first-order chi connectivity index (χ1) is 10.3. The van der Waals surface area contributed by atoms with E-state index in [1.807, 2.05) is 39.0 Å². The molecule has 0 spiro atoms. The molecule has 0 aliphatic heterocycles. The van der Waals surface area contributed by atoms with Crippen LogP contribution in [0.4, 0.5) is 4.39 Å². The fourth-order valence-electron chi connectivity index (χ4n) is 2.40. The van der Waals surface area contributed by atoms with Crippen molar-refractivity contribution < 1.29 is 12.8 Å². The first kappa shape index (κ1) is 16.6. The lowest BCUT2D eigenvalue weighted by Crippen LogP contribution is -2.28. The lowest BCUT2D eigenvalue weighted by Gasteiger charge is -2.17. The van der Waals surface area contributed by atoms with Gasteiger partial charge in [0.15, 0.2) is 0 Å². The van der Waals surface area contributed by atoms with Crippen LogP contribution in [-0.2, 0) is 15.8 Å². The molecule has 5 heteroatoms. The van der Waals surface area contributed by atoms with Gasteiger partial charge < -0.3 is 0 Å². The first-order valence-electron chi connectivity index (χ1n) is 7.08. The summed E-state index contributed by atoms with van der Waals surface area (Å²) < 4.78 is 40.1. The molecule has 2 aromatic carbocycles. The minimum atomic E-state index is -3.50. The Balaban J connectivity index is 2.14. The molecule has 0 saturated heterocycles. The largest absolute Gasteiger partial charge is 0.216 e. The number of benzene rings is 2. The highest BCUT2D eigenvalue weighted by molar-refractivity contribution is 7.88. The topological polar surface area (TPSA) is 46.2 Å². The smallest absolute Gasteiger partial charge is 0.212 e. The minimum absolute atomic E-state index is 0.164. The first-order valence-corrected chi connectivity index (χ1v) is 8.74. The van der Waals surface area contributed by atoms with Crippen LogP contribution in [0.3, 0.4) is 0 Å². The average Bonchev–Trinajstić information content (AvgIpc) is 2.43. The summed E-state index contributed by atoms with van der Waals surface area (Å²) in [4.78, 5) is 0. The van der Waals surface area contributed by atoms with Gasteiger partial charge in [-0.1, -0.05) is 35.9 Å². The van der Waals surface area contributed by atoms with Crippen LogP contribution in [0.25, 0.3) is 0 Å². The van der Waals surface area contributed by atoms with Crippen LogP contribution in [0.5, 0.6) is 0 Å². The third kappa shape index (κ3) is 4.39. The van der Waals surface area contributed by atoms with Crippen LogP contribution in [-0.4, -0.2) is 8.42 Å². The van der Waals surface area contributed by atoms with Crippen molar-refractivity contribution in [3.63, 3.8) is 0 Å². The normalized spacial score (nSPS) is 13.1. The molecule has 22 heavy (non-hydrogen) atoms. The van der Waals surface area contributed by atoms with E-state index in [4.69, 9.17) is 0 Å². The molecule has 0 aliphatic carbocycles. The summed E-state index contributed by atoms with van der Waals surface area (Å²) in [6.07, 6.45) is 0. The van der Waals surface area contributed by atoms with Crippen molar-refractivity contribution in [1.82, 2.24) is 4.72 Å². The molecule has 0 heterocycles. The molecule has 0 saturated carbocycles. The molecular weight excluding hydrogens is 301 g/mol. The van der Waals surface area contributed by atoms with Crippen molar-refractivity contribution >= 4 is 10.0 Å². The zero-order valence-electron chi connectivity index (χ0n) is 12.9. The Morgan fingerprint density at radius 3 is 2.36 bits per heavy atom. The maximum Gasteiger partial charge on any atom is 0.216 e. The summed E-state index contributed by atoms with van der Waals surface area (Å²) in [6.45, 7) is 5.76. The summed E-state index contributed by atoms with van der Waals surface area (Å²) in [6, 6.07) is 11.1. The third-order valence-corrected chi connectivity index (χ3v) is 4.95. The second kappa shape index (κ2) is 6.58. The van der Waals surface area contributed by atoms with E-state index in [0.717, 1.165) is 16.7 Å². The monoisotopic (exact) mass is 321 g/mol. The fraction of sp³-hybridized carbons (Fsp3) is 0.294. The van der Waals surface area contributed by atoms with Crippen molar-refractivity contribution in [2.45, 2.75) is 32.6 Å². The predicted molar refractivity (Wildman–Crippen MR) is 86.5 cm³/mol. The van der Waals surface area contributed by atoms with E-state index >= 15 is 0 Å². The number of aryl methyl sites for hydroxylation is 2. The van der Waals surface area contributed by atoms with Crippen LogP contribution in [0.15, 0.2) is 42.5 Å². The van der Waals surface area contributed by atoms with Crippen LogP contribution in [0.2, 0.25) is 0 Å². The van der Waals surface area contributed by atoms with Crippen molar-refractivity contribution in [3.8, 4) is 0 Å². The molecule has 1 N–H and O–H groups in total. The maximum absolute atomic E-state index is 12.9. The van der Waals surface area contributed by atoms with Crippen molar-refractivity contribution in [2.75, 3.05) is 0 Å². The number of hydrogen-bond donors (Lipinski definition) is 1. The lowest BCUT2D eigenvalue weighted by atomic mass is 10.0. The van der Waals surface area contributed by atoms with Crippen LogP contribution < -0.4 is 4.72 Å². The summed E-state index contributed by atoms with van der Waals surface area (Å²) in [5.74, 6) is -0.541. The second-order valence-electron chi connectivity index (χ2n) is 5.59. The van der Waals surface area contributed by atoms with Crippen LogP contribution in [0, 0.1) is 19.7 Å². The molecule has 0 unspecified atom stereocenters. The van der Waals surface area contributed by atoms with E-state index in [0.29, 0.717) is 5.56 Å². The van der Waals surface area contributed by atoms with Gasteiger partial charge in [-0.15, -0.1) is 0 Å². The van der Waals surface area contributed by atoms with E-state index < -0.39 is 10.0 Å². The molecule has 0 radical (unpaired) electrons. The second-order valence-corrected chi connectivity index (χ2v) is 7.34. The van der Waals surface area contributed by atoms with Gasteiger partial charge in [-0.3, -0.25) is 0 Å². The molecule has 0 aliphatic rings. The zero-order valence-corrected chi connectivity index (χ0v) is 13.7. The van der Waals surface area contributed by atoms with Gasteiger partial charge in [-0.05, 0) is 49.6 Å². The van der Waals surface area contributed by atoms with Gasteiger partial charge >= 0.3 is 0 Å². The Labute approximate surface area is 131 Å².